The minimum Gasteiger partial charge on any atom is -0.460 e. The first-order valence-electron chi connectivity index (χ1n) is 6.37. The van der Waals surface area contributed by atoms with Gasteiger partial charge in [0.2, 0.25) is 0 Å². The fraction of sp³-hybridized carbons (Fsp3) is 0.500. The molecule has 1 fully saturated rings. The van der Waals surface area contributed by atoms with Gasteiger partial charge in [0.25, 0.3) is 0 Å². The predicted molar refractivity (Wildman–Crippen MR) is 71.5 cm³/mol. The van der Waals surface area contributed by atoms with E-state index < -0.39 is 0 Å². The van der Waals surface area contributed by atoms with Crippen molar-refractivity contribution in [2.24, 2.45) is 0 Å². The zero-order valence-electron chi connectivity index (χ0n) is 10.3. The highest BCUT2D eigenvalue weighted by Crippen LogP contribution is 2.17. The van der Waals surface area contributed by atoms with Crippen LogP contribution in [0.2, 0.25) is 5.02 Å². The lowest BCUT2D eigenvalue weighted by atomic mass is 10.2. The summed E-state index contributed by atoms with van der Waals surface area (Å²) >= 11 is 5.78. The summed E-state index contributed by atoms with van der Waals surface area (Å²) in [6.45, 7) is 0.612. The van der Waals surface area contributed by atoms with Gasteiger partial charge in [0, 0.05) is 11.1 Å². The molecule has 2 rings (SSSR count). The van der Waals surface area contributed by atoms with Gasteiger partial charge >= 0.3 is 5.97 Å². The van der Waals surface area contributed by atoms with Crippen LogP contribution >= 0.6 is 11.6 Å². The molecule has 98 valence electrons. The summed E-state index contributed by atoms with van der Waals surface area (Å²) in [4.78, 5) is 11.5. The molecule has 1 saturated carbocycles. The number of halogens is 1. The Labute approximate surface area is 112 Å². The van der Waals surface area contributed by atoms with Crippen LogP contribution in [0.3, 0.4) is 0 Å². The Bertz CT molecular complexity index is 385. The second-order valence-corrected chi connectivity index (χ2v) is 5.09. The van der Waals surface area contributed by atoms with E-state index in [2.05, 4.69) is 5.32 Å². The molecule has 0 heterocycles. The van der Waals surface area contributed by atoms with Crippen LogP contribution in [-0.4, -0.2) is 18.6 Å². The summed E-state index contributed by atoms with van der Waals surface area (Å²) in [6.07, 6.45) is 4.86. The zero-order valence-corrected chi connectivity index (χ0v) is 11.1. The van der Waals surface area contributed by atoms with Crippen LogP contribution in [0.15, 0.2) is 24.3 Å². The molecule has 4 heteroatoms. The van der Waals surface area contributed by atoms with Gasteiger partial charge in [-0.15, -0.1) is 0 Å². The maximum Gasteiger partial charge on any atom is 0.320 e. The Morgan fingerprint density at radius 1 is 1.28 bits per heavy atom. The number of ether oxygens (including phenoxy) is 1. The number of carbonyl (C=O) groups is 1. The van der Waals surface area contributed by atoms with E-state index in [-0.39, 0.29) is 5.97 Å². The Balaban J connectivity index is 1.66. The van der Waals surface area contributed by atoms with Gasteiger partial charge in [-0.3, -0.25) is 4.79 Å². The molecule has 1 N–H and O–H groups in total. The van der Waals surface area contributed by atoms with E-state index in [4.69, 9.17) is 16.3 Å². The van der Waals surface area contributed by atoms with Crippen molar-refractivity contribution in [2.75, 3.05) is 6.54 Å². The van der Waals surface area contributed by atoms with Crippen molar-refractivity contribution >= 4 is 17.6 Å². The molecule has 0 bridgehead atoms. The molecular weight excluding hydrogens is 250 g/mol. The SMILES string of the molecule is O=C(CNC1CCCC1)OCc1ccc(Cl)cc1. The van der Waals surface area contributed by atoms with E-state index in [0.717, 1.165) is 5.56 Å². The fourth-order valence-corrected chi connectivity index (χ4v) is 2.28. The third kappa shape index (κ3) is 4.31. The van der Waals surface area contributed by atoms with Gasteiger partial charge in [0.1, 0.15) is 6.61 Å². The van der Waals surface area contributed by atoms with Crippen molar-refractivity contribution in [3.8, 4) is 0 Å². The van der Waals surface area contributed by atoms with Gasteiger partial charge < -0.3 is 10.1 Å². The van der Waals surface area contributed by atoms with Crippen LogP contribution in [-0.2, 0) is 16.1 Å². The van der Waals surface area contributed by atoms with Crippen molar-refractivity contribution in [2.45, 2.75) is 38.3 Å². The minimum absolute atomic E-state index is 0.197. The molecule has 0 spiro atoms. The average molecular weight is 268 g/mol. The van der Waals surface area contributed by atoms with Gasteiger partial charge in [-0.25, -0.2) is 0 Å². The summed E-state index contributed by atoms with van der Waals surface area (Å²) in [5, 5.41) is 3.92. The lowest BCUT2D eigenvalue weighted by Gasteiger charge is -2.11. The lowest BCUT2D eigenvalue weighted by molar-refractivity contribution is -0.144. The van der Waals surface area contributed by atoms with Crippen molar-refractivity contribution in [3.63, 3.8) is 0 Å². The van der Waals surface area contributed by atoms with Crippen molar-refractivity contribution in [1.82, 2.24) is 5.32 Å². The highest BCUT2D eigenvalue weighted by molar-refractivity contribution is 6.30. The molecule has 0 aliphatic heterocycles. The predicted octanol–water partition coefficient (Wildman–Crippen LogP) is 2.92. The molecule has 0 amide bonds. The average Bonchev–Trinajstić information content (AvgIpc) is 2.89. The van der Waals surface area contributed by atoms with Gasteiger partial charge in [-0.05, 0) is 30.5 Å². The maximum absolute atomic E-state index is 11.5. The molecule has 1 aliphatic rings. The Morgan fingerprint density at radius 2 is 1.94 bits per heavy atom. The molecule has 0 aromatic heterocycles. The summed E-state index contributed by atoms with van der Waals surface area (Å²) in [5.41, 5.74) is 0.952. The van der Waals surface area contributed by atoms with Crippen LogP contribution in [0.5, 0.6) is 0 Å². The molecule has 0 saturated heterocycles. The molecule has 0 radical (unpaired) electrons. The number of hydrogen-bond acceptors (Lipinski definition) is 3. The molecule has 18 heavy (non-hydrogen) atoms. The fourth-order valence-electron chi connectivity index (χ4n) is 2.15. The largest absolute Gasteiger partial charge is 0.460 e. The second-order valence-electron chi connectivity index (χ2n) is 4.65. The van der Waals surface area contributed by atoms with Gasteiger partial charge in [-0.2, -0.15) is 0 Å². The van der Waals surface area contributed by atoms with E-state index >= 15 is 0 Å². The zero-order chi connectivity index (χ0) is 12.8. The van der Waals surface area contributed by atoms with Crippen molar-refractivity contribution in [1.29, 1.82) is 0 Å². The molecule has 1 aromatic rings. The van der Waals surface area contributed by atoms with E-state index in [9.17, 15) is 4.79 Å². The minimum atomic E-state index is -0.197. The number of esters is 1. The Morgan fingerprint density at radius 3 is 2.61 bits per heavy atom. The first-order valence-corrected chi connectivity index (χ1v) is 6.75. The van der Waals surface area contributed by atoms with E-state index in [1.807, 2.05) is 12.1 Å². The molecule has 1 aromatic carbocycles. The summed E-state index contributed by atoms with van der Waals surface area (Å²) in [5.74, 6) is -0.197. The van der Waals surface area contributed by atoms with Gasteiger partial charge in [-0.1, -0.05) is 36.6 Å². The Kier molecular flexibility index (Phi) is 5.02. The maximum atomic E-state index is 11.5. The lowest BCUT2D eigenvalue weighted by Crippen LogP contribution is -2.32. The van der Waals surface area contributed by atoms with Crippen molar-refractivity contribution < 1.29 is 9.53 Å². The number of benzene rings is 1. The molecule has 1 aliphatic carbocycles. The first-order chi connectivity index (χ1) is 8.74. The monoisotopic (exact) mass is 267 g/mol. The number of rotatable bonds is 5. The first kappa shape index (κ1) is 13.4. The summed E-state index contributed by atoms with van der Waals surface area (Å²) in [7, 11) is 0. The highest BCUT2D eigenvalue weighted by atomic mass is 35.5. The highest BCUT2D eigenvalue weighted by Gasteiger charge is 2.15. The number of hydrogen-bond donors (Lipinski definition) is 1. The van der Waals surface area contributed by atoms with Crippen LogP contribution in [0.25, 0.3) is 0 Å². The quantitative estimate of drug-likeness (QED) is 0.834. The Hall–Kier alpha value is -1.06. The summed E-state index contributed by atoms with van der Waals surface area (Å²) in [6, 6.07) is 7.80. The normalized spacial score (nSPS) is 15.8. The van der Waals surface area contributed by atoms with Crippen LogP contribution in [0.1, 0.15) is 31.2 Å². The third-order valence-electron chi connectivity index (χ3n) is 3.20. The third-order valence-corrected chi connectivity index (χ3v) is 3.46. The van der Waals surface area contributed by atoms with Crippen LogP contribution < -0.4 is 5.32 Å². The molecule has 0 atom stereocenters. The van der Waals surface area contributed by atoms with E-state index in [0.29, 0.717) is 24.2 Å². The standard InChI is InChI=1S/C14H18ClNO2/c15-12-7-5-11(6-8-12)10-18-14(17)9-16-13-3-1-2-4-13/h5-8,13,16H,1-4,9-10H2. The van der Waals surface area contributed by atoms with Crippen molar-refractivity contribution in [3.05, 3.63) is 34.9 Å². The van der Waals surface area contributed by atoms with E-state index in [1.165, 1.54) is 25.7 Å². The van der Waals surface area contributed by atoms with E-state index in [1.54, 1.807) is 12.1 Å². The van der Waals surface area contributed by atoms with Gasteiger partial charge in [0.15, 0.2) is 0 Å². The number of nitrogens with one attached hydrogen (secondary N) is 1. The smallest absolute Gasteiger partial charge is 0.320 e. The van der Waals surface area contributed by atoms with Crippen LogP contribution in [0, 0.1) is 0 Å². The van der Waals surface area contributed by atoms with Gasteiger partial charge in [0.05, 0.1) is 6.54 Å². The molecule has 3 nitrogen and oxygen atoms in total. The molecule has 0 unspecified atom stereocenters. The topological polar surface area (TPSA) is 38.3 Å². The number of carbonyl (C=O) groups excluding carboxylic acids is 1. The van der Waals surface area contributed by atoms with Crippen LogP contribution in [0.4, 0.5) is 0 Å². The second kappa shape index (κ2) is 6.76. The summed E-state index contributed by atoms with van der Waals surface area (Å²) < 4.78 is 5.18. The molecular formula is C14H18ClNO2.